The van der Waals surface area contributed by atoms with E-state index in [4.69, 9.17) is 4.74 Å². The minimum absolute atomic E-state index is 0.0453. The Morgan fingerprint density at radius 3 is 2.95 bits per heavy atom. The molecule has 0 spiro atoms. The van der Waals surface area contributed by atoms with Crippen molar-refractivity contribution in [3.63, 3.8) is 0 Å². The standard InChI is InChI=1S/C17H21NO4/c1-22-15-12(20)3-2-10-8-13-17(21)5-4-11(19)9-16(17,14(10)15)6-7-18-13/h2-3,13,18,20-21H,4-9H2,1H3. The number of methoxy groups -OCH3 is 1. The molecular weight excluding hydrogens is 282 g/mol. The molecule has 0 aromatic heterocycles. The molecule has 2 bridgehead atoms. The number of ketones is 1. The number of nitrogens with one attached hydrogen (secondary N) is 1. The van der Waals surface area contributed by atoms with E-state index < -0.39 is 11.0 Å². The molecule has 3 atom stereocenters. The SMILES string of the molecule is COc1c(O)ccc2c1C13CCNC(C2)C1(O)CCC(=O)C3. The van der Waals surface area contributed by atoms with Gasteiger partial charge in [0.25, 0.3) is 0 Å². The van der Waals surface area contributed by atoms with Crippen LogP contribution >= 0.6 is 0 Å². The number of phenols is 1. The number of rotatable bonds is 1. The van der Waals surface area contributed by atoms with Crippen LogP contribution in [-0.2, 0) is 16.6 Å². The van der Waals surface area contributed by atoms with E-state index in [-0.39, 0.29) is 17.6 Å². The van der Waals surface area contributed by atoms with Crippen LogP contribution in [0.2, 0.25) is 0 Å². The number of carbonyl (C=O) groups is 1. The maximum Gasteiger partial charge on any atom is 0.164 e. The van der Waals surface area contributed by atoms with E-state index >= 15 is 0 Å². The molecule has 2 aliphatic carbocycles. The first-order valence-electron chi connectivity index (χ1n) is 7.88. The number of carbonyl (C=O) groups excluding carboxylic acids is 1. The Balaban J connectivity index is 2.03. The molecule has 1 heterocycles. The highest BCUT2D eigenvalue weighted by atomic mass is 16.5. The zero-order valence-corrected chi connectivity index (χ0v) is 12.7. The molecule has 1 saturated carbocycles. The molecule has 1 aromatic carbocycles. The second kappa shape index (κ2) is 4.46. The summed E-state index contributed by atoms with van der Waals surface area (Å²) in [6, 6.07) is 3.49. The summed E-state index contributed by atoms with van der Waals surface area (Å²) in [6.45, 7) is 0.762. The smallest absolute Gasteiger partial charge is 0.164 e. The molecule has 1 aliphatic heterocycles. The van der Waals surface area contributed by atoms with E-state index in [1.54, 1.807) is 6.07 Å². The highest BCUT2D eigenvalue weighted by Crippen LogP contribution is 2.58. The van der Waals surface area contributed by atoms with Crippen LogP contribution in [0, 0.1) is 0 Å². The first-order valence-corrected chi connectivity index (χ1v) is 7.88. The molecule has 5 nitrogen and oxygen atoms in total. The van der Waals surface area contributed by atoms with Gasteiger partial charge in [0.05, 0.1) is 12.7 Å². The van der Waals surface area contributed by atoms with Crippen LogP contribution in [0.3, 0.4) is 0 Å². The Hall–Kier alpha value is -1.59. The van der Waals surface area contributed by atoms with Crippen molar-refractivity contribution in [3.05, 3.63) is 23.3 Å². The normalized spacial score (nSPS) is 36.5. The van der Waals surface area contributed by atoms with Crippen LogP contribution in [0.1, 0.15) is 36.8 Å². The number of piperidine rings is 1. The van der Waals surface area contributed by atoms with Crippen molar-refractivity contribution < 1.29 is 19.7 Å². The van der Waals surface area contributed by atoms with Crippen molar-refractivity contribution in [2.75, 3.05) is 13.7 Å². The molecule has 22 heavy (non-hydrogen) atoms. The van der Waals surface area contributed by atoms with Gasteiger partial charge in [0.15, 0.2) is 11.5 Å². The predicted octanol–water partition coefficient (Wildman–Crippen LogP) is 1.04. The monoisotopic (exact) mass is 303 g/mol. The number of ether oxygens (including phenoxy) is 1. The van der Waals surface area contributed by atoms with Gasteiger partial charge in [-0.25, -0.2) is 0 Å². The molecule has 3 aliphatic rings. The maximum absolute atomic E-state index is 12.2. The van der Waals surface area contributed by atoms with E-state index in [1.807, 2.05) is 6.07 Å². The number of hydrogen-bond acceptors (Lipinski definition) is 5. The summed E-state index contributed by atoms with van der Waals surface area (Å²) in [4.78, 5) is 12.2. The zero-order valence-electron chi connectivity index (χ0n) is 12.7. The second-order valence-corrected chi connectivity index (χ2v) is 6.83. The van der Waals surface area contributed by atoms with Gasteiger partial charge in [-0.2, -0.15) is 0 Å². The lowest BCUT2D eigenvalue weighted by Gasteiger charge is -2.60. The van der Waals surface area contributed by atoms with Gasteiger partial charge < -0.3 is 20.3 Å². The van der Waals surface area contributed by atoms with Crippen LogP contribution < -0.4 is 10.1 Å². The highest BCUT2D eigenvalue weighted by molar-refractivity contribution is 5.83. The van der Waals surface area contributed by atoms with Crippen molar-refractivity contribution >= 4 is 5.78 Å². The summed E-state index contributed by atoms with van der Waals surface area (Å²) in [6.07, 6.45) is 2.60. The van der Waals surface area contributed by atoms with Gasteiger partial charge in [0.2, 0.25) is 0 Å². The van der Waals surface area contributed by atoms with Crippen molar-refractivity contribution in [3.8, 4) is 11.5 Å². The van der Waals surface area contributed by atoms with Crippen molar-refractivity contribution in [1.82, 2.24) is 5.32 Å². The first-order chi connectivity index (χ1) is 10.5. The largest absolute Gasteiger partial charge is 0.504 e. The van der Waals surface area contributed by atoms with E-state index in [1.165, 1.54) is 7.11 Å². The third-order valence-electron chi connectivity index (χ3n) is 5.96. The lowest BCUT2D eigenvalue weighted by molar-refractivity contribution is -0.149. The topological polar surface area (TPSA) is 78.8 Å². The van der Waals surface area contributed by atoms with Crippen LogP contribution in [-0.4, -0.2) is 41.3 Å². The Labute approximate surface area is 129 Å². The van der Waals surface area contributed by atoms with Crippen molar-refractivity contribution in [2.24, 2.45) is 0 Å². The van der Waals surface area contributed by atoms with Crippen LogP contribution in [0.5, 0.6) is 11.5 Å². The van der Waals surface area contributed by atoms with Crippen LogP contribution in [0.15, 0.2) is 12.1 Å². The molecular formula is C17H21NO4. The van der Waals surface area contributed by atoms with Crippen LogP contribution in [0.4, 0.5) is 0 Å². The third kappa shape index (κ3) is 1.53. The van der Waals surface area contributed by atoms with Gasteiger partial charge >= 0.3 is 0 Å². The maximum atomic E-state index is 12.2. The predicted molar refractivity (Wildman–Crippen MR) is 80.3 cm³/mol. The molecule has 118 valence electrons. The first kappa shape index (κ1) is 14.0. The van der Waals surface area contributed by atoms with Gasteiger partial charge in [0, 0.05) is 29.9 Å². The number of fused-ring (bicyclic) bond motifs is 1. The fourth-order valence-electron chi connectivity index (χ4n) is 4.99. The van der Waals surface area contributed by atoms with Crippen molar-refractivity contribution in [1.29, 1.82) is 0 Å². The average Bonchev–Trinajstić information content (AvgIpc) is 2.48. The van der Waals surface area contributed by atoms with Gasteiger partial charge in [0.1, 0.15) is 5.78 Å². The number of hydrogen-bond donors (Lipinski definition) is 3. The molecule has 3 N–H and O–H groups in total. The van der Waals surface area contributed by atoms with E-state index in [9.17, 15) is 15.0 Å². The molecule has 4 rings (SSSR count). The van der Waals surface area contributed by atoms with E-state index in [0.29, 0.717) is 37.9 Å². The number of phenolic OH excluding ortho intramolecular Hbond substituents is 1. The quantitative estimate of drug-likeness (QED) is 0.722. The summed E-state index contributed by atoms with van der Waals surface area (Å²) in [7, 11) is 1.53. The number of aromatic hydroxyl groups is 1. The Morgan fingerprint density at radius 1 is 1.36 bits per heavy atom. The van der Waals surface area contributed by atoms with Gasteiger partial charge in [-0.3, -0.25) is 4.79 Å². The Kier molecular flexibility index (Phi) is 2.84. The fourth-order valence-corrected chi connectivity index (χ4v) is 4.99. The number of benzene rings is 1. The number of aliphatic hydroxyl groups is 1. The van der Waals surface area contributed by atoms with Gasteiger partial charge in [-0.05, 0) is 37.4 Å². The third-order valence-corrected chi connectivity index (χ3v) is 5.96. The van der Waals surface area contributed by atoms with Crippen molar-refractivity contribution in [2.45, 2.75) is 49.2 Å². The molecule has 0 radical (unpaired) electrons. The summed E-state index contributed by atoms with van der Waals surface area (Å²) < 4.78 is 5.47. The summed E-state index contributed by atoms with van der Waals surface area (Å²) in [5.41, 5.74) is 0.317. The summed E-state index contributed by atoms with van der Waals surface area (Å²) >= 11 is 0. The van der Waals surface area contributed by atoms with E-state index in [2.05, 4.69) is 5.32 Å². The number of Topliss-reactive ketones (excluding diaryl/α,β-unsaturated/α-hetero) is 1. The lowest BCUT2D eigenvalue weighted by atomic mass is 9.49. The van der Waals surface area contributed by atoms with Gasteiger partial charge in [-0.1, -0.05) is 6.07 Å². The van der Waals surface area contributed by atoms with E-state index in [0.717, 1.165) is 17.7 Å². The molecule has 5 heteroatoms. The van der Waals surface area contributed by atoms with Crippen LogP contribution in [0.25, 0.3) is 0 Å². The van der Waals surface area contributed by atoms with Gasteiger partial charge in [-0.15, -0.1) is 0 Å². The fraction of sp³-hybridized carbons (Fsp3) is 0.588. The second-order valence-electron chi connectivity index (χ2n) is 6.83. The molecule has 2 fully saturated rings. The summed E-state index contributed by atoms with van der Waals surface area (Å²) in [5, 5.41) is 25.1. The average molecular weight is 303 g/mol. The Morgan fingerprint density at radius 2 is 2.18 bits per heavy atom. The molecule has 0 amide bonds. The minimum atomic E-state index is -0.951. The molecule has 3 unspecified atom stereocenters. The lowest BCUT2D eigenvalue weighted by Crippen LogP contribution is -2.72. The molecule has 1 aromatic rings. The minimum Gasteiger partial charge on any atom is -0.504 e. The summed E-state index contributed by atoms with van der Waals surface area (Å²) in [5.74, 6) is 0.683. The highest BCUT2D eigenvalue weighted by Gasteiger charge is 2.64. The zero-order chi connectivity index (χ0) is 15.5. The Bertz CT molecular complexity index is 658. The molecule has 1 saturated heterocycles.